The molecule has 0 amide bonds. The largest absolute Gasteiger partial charge is 0.376 e. The first-order chi connectivity index (χ1) is 8.63. The second kappa shape index (κ2) is 5.71. The third-order valence-corrected chi connectivity index (χ3v) is 3.27. The lowest BCUT2D eigenvalue weighted by Crippen LogP contribution is -2.34. The molecule has 1 heterocycles. The molecule has 0 aliphatic carbocycles. The van der Waals surface area contributed by atoms with Crippen molar-refractivity contribution in [3.05, 3.63) is 35.1 Å². The summed E-state index contributed by atoms with van der Waals surface area (Å²) >= 11 is 0. The third-order valence-electron chi connectivity index (χ3n) is 3.27. The van der Waals surface area contributed by atoms with Gasteiger partial charge in [0.1, 0.15) is 5.82 Å². The monoisotopic (exact) mass is 259 g/mol. The molecule has 1 aliphatic heterocycles. The van der Waals surface area contributed by atoms with Gasteiger partial charge < -0.3 is 10.1 Å². The number of hydrogen-bond acceptors (Lipinski definition) is 2. The van der Waals surface area contributed by atoms with Crippen molar-refractivity contribution in [1.29, 1.82) is 0 Å². The Balaban J connectivity index is 2.28. The highest BCUT2D eigenvalue weighted by Crippen LogP contribution is 2.29. The van der Waals surface area contributed by atoms with Gasteiger partial charge in [0.15, 0.2) is 11.6 Å². The van der Waals surface area contributed by atoms with Crippen LogP contribution in [0.4, 0.5) is 13.2 Å². The predicted molar refractivity (Wildman–Crippen MR) is 61.7 cm³/mol. The summed E-state index contributed by atoms with van der Waals surface area (Å²) in [6, 6.07) is 1.03. The van der Waals surface area contributed by atoms with E-state index in [0.717, 1.165) is 25.3 Å². The van der Waals surface area contributed by atoms with E-state index in [2.05, 4.69) is 5.32 Å². The Labute approximate surface area is 104 Å². The summed E-state index contributed by atoms with van der Waals surface area (Å²) in [7, 11) is 1.66. The van der Waals surface area contributed by atoms with Gasteiger partial charge in [0.2, 0.25) is 0 Å². The van der Waals surface area contributed by atoms with Gasteiger partial charge in [0.25, 0.3) is 0 Å². The van der Waals surface area contributed by atoms with Crippen molar-refractivity contribution < 1.29 is 17.9 Å². The van der Waals surface area contributed by atoms with Gasteiger partial charge in [-0.25, -0.2) is 13.2 Å². The zero-order valence-corrected chi connectivity index (χ0v) is 10.2. The fraction of sp³-hybridized carbons (Fsp3) is 0.538. The van der Waals surface area contributed by atoms with Crippen molar-refractivity contribution in [2.45, 2.75) is 31.4 Å². The maximum Gasteiger partial charge on any atom is 0.161 e. The molecule has 1 aromatic rings. The van der Waals surface area contributed by atoms with Crippen molar-refractivity contribution in [3.8, 4) is 0 Å². The first-order valence-electron chi connectivity index (χ1n) is 6.06. The zero-order valence-electron chi connectivity index (χ0n) is 10.2. The van der Waals surface area contributed by atoms with Crippen LogP contribution in [0.1, 0.15) is 30.9 Å². The van der Waals surface area contributed by atoms with Crippen LogP contribution in [0.25, 0.3) is 0 Å². The van der Waals surface area contributed by atoms with Crippen LogP contribution in [0, 0.1) is 17.5 Å². The van der Waals surface area contributed by atoms with E-state index < -0.39 is 23.5 Å². The number of likely N-dealkylation sites (N-methyl/N-ethyl adjacent to an activating group) is 1. The molecule has 0 aromatic heterocycles. The van der Waals surface area contributed by atoms with Crippen LogP contribution in [-0.4, -0.2) is 19.8 Å². The molecule has 1 aromatic carbocycles. The van der Waals surface area contributed by atoms with Crippen LogP contribution < -0.4 is 5.32 Å². The summed E-state index contributed by atoms with van der Waals surface area (Å²) in [5.74, 6) is -2.96. The molecule has 0 saturated carbocycles. The number of nitrogens with one attached hydrogen (secondary N) is 1. The summed E-state index contributed by atoms with van der Waals surface area (Å²) in [4.78, 5) is 0. The summed E-state index contributed by atoms with van der Waals surface area (Å²) < 4.78 is 45.4. The Kier molecular flexibility index (Phi) is 4.24. The minimum atomic E-state index is -1.17. The first kappa shape index (κ1) is 13.4. The maximum absolute atomic E-state index is 13.7. The van der Waals surface area contributed by atoms with Crippen molar-refractivity contribution >= 4 is 0 Å². The van der Waals surface area contributed by atoms with E-state index in [9.17, 15) is 13.2 Å². The molecule has 5 heteroatoms. The second-order valence-corrected chi connectivity index (χ2v) is 4.46. The SMILES string of the molecule is CNC(c1cc(F)c(F)cc1F)C1CCCCO1. The average molecular weight is 259 g/mol. The van der Waals surface area contributed by atoms with Crippen LogP contribution in [0.2, 0.25) is 0 Å². The molecule has 0 radical (unpaired) electrons. The molecular weight excluding hydrogens is 243 g/mol. The van der Waals surface area contributed by atoms with Crippen LogP contribution in [-0.2, 0) is 4.74 Å². The minimum absolute atomic E-state index is 0.114. The van der Waals surface area contributed by atoms with E-state index in [1.807, 2.05) is 0 Å². The van der Waals surface area contributed by atoms with Crippen LogP contribution in [0.15, 0.2) is 12.1 Å². The Morgan fingerprint density at radius 3 is 2.50 bits per heavy atom. The lowest BCUT2D eigenvalue weighted by molar-refractivity contribution is -0.00740. The Morgan fingerprint density at radius 2 is 1.89 bits per heavy atom. The highest BCUT2D eigenvalue weighted by Gasteiger charge is 2.27. The van der Waals surface area contributed by atoms with Gasteiger partial charge >= 0.3 is 0 Å². The van der Waals surface area contributed by atoms with Crippen molar-refractivity contribution in [2.75, 3.05) is 13.7 Å². The molecule has 0 bridgehead atoms. The molecule has 1 aliphatic rings. The molecule has 100 valence electrons. The fourth-order valence-corrected chi connectivity index (χ4v) is 2.35. The Morgan fingerprint density at radius 1 is 1.17 bits per heavy atom. The highest BCUT2D eigenvalue weighted by molar-refractivity contribution is 5.24. The van der Waals surface area contributed by atoms with E-state index in [-0.39, 0.29) is 11.7 Å². The lowest BCUT2D eigenvalue weighted by Gasteiger charge is -2.30. The second-order valence-electron chi connectivity index (χ2n) is 4.46. The highest BCUT2D eigenvalue weighted by atomic mass is 19.2. The van der Waals surface area contributed by atoms with Crippen molar-refractivity contribution in [1.82, 2.24) is 5.32 Å². The topological polar surface area (TPSA) is 21.3 Å². The number of halogens is 3. The van der Waals surface area contributed by atoms with Gasteiger partial charge in [-0.2, -0.15) is 0 Å². The van der Waals surface area contributed by atoms with E-state index in [0.29, 0.717) is 12.7 Å². The number of benzene rings is 1. The van der Waals surface area contributed by atoms with Crippen LogP contribution >= 0.6 is 0 Å². The molecule has 18 heavy (non-hydrogen) atoms. The molecule has 2 atom stereocenters. The summed E-state index contributed by atoms with van der Waals surface area (Å²) in [5.41, 5.74) is 0.114. The number of ether oxygens (including phenoxy) is 1. The first-order valence-corrected chi connectivity index (χ1v) is 6.06. The quantitative estimate of drug-likeness (QED) is 0.843. The summed E-state index contributed by atoms with van der Waals surface area (Å²) in [6.45, 7) is 0.619. The molecule has 2 unspecified atom stereocenters. The minimum Gasteiger partial charge on any atom is -0.376 e. The normalized spacial score (nSPS) is 21.9. The van der Waals surface area contributed by atoms with E-state index in [1.165, 1.54) is 0 Å². The molecule has 1 fully saturated rings. The summed E-state index contributed by atoms with van der Waals surface area (Å²) in [5, 5.41) is 2.92. The number of hydrogen-bond donors (Lipinski definition) is 1. The van der Waals surface area contributed by atoms with Crippen molar-refractivity contribution in [2.24, 2.45) is 0 Å². The third kappa shape index (κ3) is 2.67. The smallest absolute Gasteiger partial charge is 0.161 e. The van der Waals surface area contributed by atoms with E-state index in [1.54, 1.807) is 7.05 Å². The maximum atomic E-state index is 13.7. The fourth-order valence-electron chi connectivity index (χ4n) is 2.35. The van der Waals surface area contributed by atoms with Gasteiger partial charge in [-0.1, -0.05) is 0 Å². The summed E-state index contributed by atoms with van der Waals surface area (Å²) in [6.07, 6.45) is 2.55. The van der Waals surface area contributed by atoms with E-state index >= 15 is 0 Å². The van der Waals surface area contributed by atoms with E-state index in [4.69, 9.17) is 4.74 Å². The Hall–Kier alpha value is -1.07. The van der Waals surface area contributed by atoms with Gasteiger partial charge in [0, 0.05) is 18.2 Å². The predicted octanol–water partition coefficient (Wildman–Crippen LogP) is 2.93. The standard InChI is InChI=1S/C13H16F3NO/c1-17-13(12-4-2-3-5-18-12)8-6-10(15)11(16)7-9(8)14/h6-7,12-13,17H,2-5H2,1H3. The molecule has 2 nitrogen and oxygen atoms in total. The number of rotatable bonds is 3. The van der Waals surface area contributed by atoms with Crippen molar-refractivity contribution in [3.63, 3.8) is 0 Å². The van der Waals surface area contributed by atoms with Crippen LogP contribution in [0.3, 0.4) is 0 Å². The van der Waals surface area contributed by atoms with Gasteiger partial charge in [0.05, 0.1) is 12.1 Å². The van der Waals surface area contributed by atoms with Gasteiger partial charge in [-0.15, -0.1) is 0 Å². The molecule has 0 spiro atoms. The molecule has 1 saturated heterocycles. The average Bonchev–Trinajstić information content (AvgIpc) is 2.38. The molecular formula is C13H16F3NO. The molecule has 2 rings (SSSR count). The zero-order chi connectivity index (χ0) is 13.1. The molecule has 1 N–H and O–H groups in total. The van der Waals surface area contributed by atoms with Crippen LogP contribution in [0.5, 0.6) is 0 Å². The van der Waals surface area contributed by atoms with Gasteiger partial charge in [-0.3, -0.25) is 0 Å². The van der Waals surface area contributed by atoms with Gasteiger partial charge in [-0.05, 0) is 32.4 Å². The lowest BCUT2D eigenvalue weighted by atomic mass is 9.95. The Bertz CT molecular complexity index is 419.